The lowest BCUT2D eigenvalue weighted by atomic mass is 9.85. The summed E-state index contributed by atoms with van der Waals surface area (Å²) in [6.07, 6.45) is -1.21. The molecule has 1 atom stereocenters. The number of carbonyl (C=O) groups excluding carboxylic acids is 1. The van der Waals surface area contributed by atoms with Crippen LogP contribution in [0.3, 0.4) is 0 Å². The van der Waals surface area contributed by atoms with Crippen LogP contribution in [0.25, 0.3) is 0 Å². The number of nitrogens with one attached hydrogen (secondary N) is 1. The number of hydrogen-bond donors (Lipinski definition) is 2. The molecule has 1 aliphatic heterocycles. The maximum absolute atomic E-state index is 11.8. The van der Waals surface area contributed by atoms with Crippen LogP contribution in [0.2, 0.25) is 0 Å². The molecule has 0 unspecified atom stereocenters. The van der Waals surface area contributed by atoms with Crippen molar-refractivity contribution in [1.29, 1.82) is 0 Å². The molecule has 6 nitrogen and oxygen atoms in total. The van der Waals surface area contributed by atoms with Crippen LogP contribution in [0.1, 0.15) is 19.4 Å². The first kappa shape index (κ1) is 13.4. The van der Waals surface area contributed by atoms with Crippen molar-refractivity contribution in [2.75, 3.05) is 0 Å². The molecule has 0 radical (unpaired) electrons. The maximum Gasteiger partial charge on any atom is 0.405 e. The minimum Gasteiger partial charge on any atom is -0.465 e. The second kappa shape index (κ2) is 4.89. The fourth-order valence-corrected chi connectivity index (χ4v) is 2.06. The Hall–Kier alpha value is -2.08. The number of hydroxylamine groups is 2. The van der Waals surface area contributed by atoms with Crippen LogP contribution in [-0.4, -0.2) is 33.8 Å². The van der Waals surface area contributed by atoms with Gasteiger partial charge in [0.25, 0.3) is 5.91 Å². The molecule has 0 aromatic heterocycles. The minimum absolute atomic E-state index is 0.274. The molecule has 2 amide bonds. The molecule has 1 aliphatic rings. The highest BCUT2D eigenvalue weighted by Crippen LogP contribution is 2.32. The summed E-state index contributed by atoms with van der Waals surface area (Å²) >= 11 is 0. The SMILES string of the molecule is CC1(C)[C@H](NC(=O)O)C(=O)N1OCc1ccccc1. The zero-order valence-electron chi connectivity index (χ0n) is 10.8. The summed E-state index contributed by atoms with van der Waals surface area (Å²) in [6, 6.07) is 8.69. The Balaban J connectivity index is 1.96. The van der Waals surface area contributed by atoms with Gasteiger partial charge in [-0.2, -0.15) is 0 Å². The minimum atomic E-state index is -1.21. The van der Waals surface area contributed by atoms with E-state index in [9.17, 15) is 9.59 Å². The summed E-state index contributed by atoms with van der Waals surface area (Å²) in [7, 11) is 0. The monoisotopic (exact) mass is 264 g/mol. The average Bonchev–Trinajstić information content (AvgIpc) is 2.37. The molecular weight excluding hydrogens is 248 g/mol. The van der Waals surface area contributed by atoms with Crippen molar-refractivity contribution >= 4 is 12.0 Å². The summed E-state index contributed by atoms with van der Waals surface area (Å²) in [5.41, 5.74) is 0.255. The Kier molecular flexibility index (Phi) is 3.44. The van der Waals surface area contributed by atoms with Crippen LogP contribution >= 0.6 is 0 Å². The lowest BCUT2D eigenvalue weighted by Crippen LogP contribution is -2.76. The number of nitrogens with zero attached hydrogens (tertiary/aromatic N) is 1. The van der Waals surface area contributed by atoms with Crippen molar-refractivity contribution in [3.63, 3.8) is 0 Å². The molecule has 0 aliphatic carbocycles. The Morgan fingerprint density at radius 1 is 1.42 bits per heavy atom. The third-order valence-electron chi connectivity index (χ3n) is 3.15. The second-order valence-corrected chi connectivity index (χ2v) is 4.93. The fourth-order valence-electron chi connectivity index (χ4n) is 2.06. The topological polar surface area (TPSA) is 78.9 Å². The Bertz CT molecular complexity index is 487. The summed E-state index contributed by atoms with van der Waals surface area (Å²) in [6.45, 7) is 3.77. The van der Waals surface area contributed by atoms with Crippen molar-refractivity contribution in [3.8, 4) is 0 Å². The highest BCUT2D eigenvalue weighted by Gasteiger charge is 2.56. The molecular formula is C13H16N2O4. The van der Waals surface area contributed by atoms with Crippen LogP contribution in [0.5, 0.6) is 0 Å². The standard InChI is InChI=1S/C13H16N2O4/c1-13(2)10(14-12(17)18)11(16)15(13)19-8-9-6-4-3-5-7-9/h3-7,10,14H,8H2,1-2H3,(H,17,18)/t10-/m1/s1. The number of β-lactam (4-membered cyclic amide) rings is 1. The Labute approximate surface area is 110 Å². The highest BCUT2D eigenvalue weighted by molar-refractivity contribution is 5.92. The predicted octanol–water partition coefficient (Wildman–Crippen LogP) is 1.38. The molecule has 102 valence electrons. The molecule has 19 heavy (non-hydrogen) atoms. The first-order chi connectivity index (χ1) is 8.93. The van der Waals surface area contributed by atoms with Gasteiger partial charge in [0.2, 0.25) is 0 Å². The van der Waals surface area contributed by atoms with E-state index in [0.717, 1.165) is 5.56 Å². The van der Waals surface area contributed by atoms with Crippen LogP contribution in [-0.2, 0) is 16.2 Å². The van der Waals surface area contributed by atoms with Crippen LogP contribution < -0.4 is 5.32 Å². The molecule has 0 spiro atoms. The van der Waals surface area contributed by atoms with Gasteiger partial charge in [0.05, 0.1) is 5.54 Å². The summed E-state index contributed by atoms with van der Waals surface area (Å²) in [5, 5.41) is 12.1. The zero-order chi connectivity index (χ0) is 14.0. The number of benzene rings is 1. The van der Waals surface area contributed by atoms with E-state index < -0.39 is 17.7 Å². The first-order valence-corrected chi connectivity index (χ1v) is 5.93. The van der Waals surface area contributed by atoms with Gasteiger partial charge in [-0.1, -0.05) is 30.3 Å². The van der Waals surface area contributed by atoms with Gasteiger partial charge < -0.3 is 10.4 Å². The average molecular weight is 264 g/mol. The Morgan fingerprint density at radius 2 is 2.05 bits per heavy atom. The molecule has 6 heteroatoms. The number of carbonyl (C=O) groups is 2. The molecule has 0 bridgehead atoms. The lowest BCUT2D eigenvalue weighted by Gasteiger charge is -2.51. The van der Waals surface area contributed by atoms with Gasteiger partial charge in [-0.25, -0.2) is 9.86 Å². The number of carboxylic acid groups (broad SMARTS) is 1. The van der Waals surface area contributed by atoms with Crippen LogP contribution in [0, 0.1) is 0 Å². The van der Waals surface area contributed by atoms with Crippen LogP contribution in [0.4, 0.5) is 4.79 Å². The number of rotatable bonds is 4. The van der Waals surface area contributed by atoms with E-state index in [0.29, 0.717) is 0 Å². The van der Waals surface area contributed by atoms with E-state index in [1.807, 2.05) is 30.3 Å². The van der Waals surface area contributed by atoms with E-state index in [-0.39, 0.29) is 12.5 Å². The van der Waals surface area contributed by atoms with Crippen LogP contribution in [0.15, 0.2) is 30.3 Å². The van der Waals surface area contributed by atoms with Crippen molar-refractivity contribution in [3.05, 3.63) is 35.9 Å². The van der Waals surface area contributed by atoms with Crippen molar-refractivity contribution in [2.45, 2.75) is 32.0 Å². The van der Waals surface area contributed by atoms with Gasteiger partial charge in [0.1, 0.15) is 12.6 Å². The van der Waals surface area contributed by atoms with Crippen molar-refractivity contribution in [2.24, 2.45) is 0 Å². The highest BCUT2D eigenvalue weighted by atomic mass is 16.7. The third kappa shape index (κ3) is 2.53. The third-order valence-corrected chi connectivity index (χ3v) is 3.15. The van der Waals surface area contributed by atoms with Gasteiger partial charge in [-0.3, -0.25) is 9.63 Å². The van der Waals surface area contributed by atoms with Gasteiger partial charge in [0, 0.05) is 0 Å². The normalized spacial score (nSPS) is 20.8. The maximum atomic E-state index is 11.8. The second-order valence-electron chi connectivity index (χ2n) is 4.93. The molecule has 1 aromatic carbocycles. The number of amides is 2. The summed E-state index contributed by atoms with van der Waals surface area (Å²) in [4.78, 5) is 27.9. The van der Waals surface area contributed by atoms with Crippen molar-refractivity contribution in [1.82, 2.24) is 10.4 Å². The molecule has 1 saturated heterocycles. The molecule has 2 rings (SSSR count). The largest absolute Gasteiger partial charge is 0.465 e. The fraction of sp³-hybridized carbons (Fsp3) is 0.385. The van der Waals surface area contributed by atoms with E-state index in [4.69, 9.17) is 9.94 Å². The van der Waals surface area contributed by atoms with Gasteiger partial charge in [0.15, 0.2) is 0 Å². The molecule has 1 heterocycles. The van der Waals surface area contributed by atoms with Gasteiger partial charge in [-0.15, -0.1) is 0 Å². The summed E-state index contributed by atoms with van der Waals surface area (Å²) < 4.78 is 0. The summed E-state index contributed by atoms with van der Waals surface area (Å²) in [5.74, 6) is -0.372. The van der Waals surface area contributed by atoms with E-state index >= 15 is 0 Å². The van der Waals surface area contributed by atoms with Gasteiger partial charge >= 0.3 is 6.09 Å². The van der Waals surface area contributed by atoms with Gasteiger partial charge in [-0.05, 0) is 19.4 Å². The van der Waals surface area contributed by atoms with E-state index in [2.05, 4.69) is 5.32 Å². The van der Waals surface area contributed by atoms with Crippen molar-refractivity contribution < 1.29 is 19.5 Å². The quantitative estimate of drug-likeness (QED) is 0.805. The number of hydrogen-bond acceptors (Lipinski definition) is 3. The van der Waals surface area contributed by atoms with E-state index in [1.165, 1.54) is 5.06 Å². The van der Waals surface area contributed by atoms with E-state index in [1.54, 1.807) is 13.8 Å². The molecule has 2 N–H and O–H groups in total. The molecule has 0 saturated carbocycles. The zero-order valence-corrected chi connectivity index (χ0v) is 10.8. The first-order valence-electron chi connectivity index (χ1n) is 5.93. The molecule has 1 fully saturated rings. The molecule has 1 aromatic rings. The Morgan fingerprint density at radius 3 is 2.58 bits per heavy atom. The smallest absolute Gasteiger partial charge is 0.405 e. The lowest BCUT2D eigenvalue weighted by molar-refractivity contribution is -0.262. The predicted molar refractivity (Wildman–Crippen MR) is 67.1 cm³/mol.